The normalized spacial score (nSPS) is 17.3. The summed E-state index contributed by atoms with van der Waals surface area (Å²) >= 11 is 0. The monoisotopic (exact) mass is 328 g/mol. The van der Waals surface area contributed by atoms with Gasteiger partial charge in [0, 0.05) is 24.9 Å². The quantitative estimate of drug-likeness (QED) is 0.830. The molecule has 1 atom stereocenters. The highest BCUT2D eigenvalue weighted by atomic mass is 16.5. The second-order valence-electron chi connectivity index (χ2n) is 7.25. The molecule has 0 unspecified atom stereocenters. The van der Waals surface area contributed by atoms with Crippen LogP contribution >= 0.6 is 0 Å². The Labute approximate surface area is 144 Å². The molecule has 1 saturated carbocycles. The minimum absolute atomic E-state index is 0.305. The third-order valence-electron chi connectivity index (χ3n) is 4.74. The topological polar surface area (TPSA) is 63.8 Å². The number of nitrogens with zero attached hydrogens (tertiary/aromatic N) is 3. The van der Waals surface area contributed by atoms with E-state index in [4.69, 9.17) is 4.52 Å². The minimum atomic E-state index is 0.305. The number of hydrogen-bond donors (Lipinski definition) is 1. The van der Waals surface area contributed by atoms with E-state index < -0.39 is 0 Å². The van der Waals surface area contributed by atoms with Crippen LogP contribution in [0.4, 0.5) is 0 Å². The molecule has 0 spiro atoms. The molecule has 3 rings (SSSR count). The Morgan fingerprint density at radius 2 is 2.08 bits per heavy atom. The fourth-order valence-electron chi connectivity index (χ4n) is 3.59. The number of hydrogen-bond acceptors (Lipinski definition) is 5. The zero-order valence-electron chi connectivity index (χ0n) is 14.7. The molecule has 0 amide bonds. The Kier molecular flexibility index (Phi) is 5.96. The van der Waals surface area contributed by atoms with Crippen molar-refractivity contribution in [2.24, 2.45) is 11.8 Å². The van der Waals surface area contributed by atoms with Crippen molar-refractivity contribution in [2.75, 3.05) is 0 Å². The van der Waals surface area contributed by atoms with Crippen molar-refractivity contribution in [2.45, 2.75) is 65.0 Å². The maximum absolute atomic E-state index is 5.40. The van der Waals surface area contributed by atoms with E-state index in [1.807, 2.05) is 18.5 Å². The van der Waals surface area contributed by atoms with Gasteiger partial charge in [0.1, 0.15) is 0 Å². The maximum atomic E-state index is 5.40. The van der Waals surface area contributed by atoms with E-state index in [-0.39, 0.29) is 0 Å². The molecule has 0 radical (unpaired) electrons. The first-order chi connectivity index (χ1) is 11.7. The van der Waals surface area contributed by atoms with Crippen LogP contribution in [0.1, 0.15) is 69.3 Å². The standard InChI is InChI=1S/C19H28N4O/c1-14(2)11-17-22-18(24-23-17)13-21-19(15-7-4-3-5-8-15)16-9-6-10-20-12-16/h6,9-10,12,14-15,19,21H,3-5,7-8,11,13H2,1-2H3/t19-/m0/s1. The largest absolute Gasteiger partial charge is 0.338 e. The van der Waals surface area contributed by atoms with E-state index in [9.17, 15) is 0 Å². The minimum Gasteiger partial charge on any atom is -0.338 e. The van der Waals surface area contributed by atoms with Crippen LogP contribution < -0.4 is 5.32 Å². The summed E-state index contributed by atoms with van der Waals surface area (Å²) in [5, 5.41) is 7.73. The highest BCUT2D eigenvalue weighted by Crippen LogP contribution is 2.34. The van der Waals surface area contributed by atoms with Crippen molar-refractivity contribution in [3.63, 3.8) is 0 Å². The molecule has 0 bridgehead atoms. The van der Waals surface area contributed by atoms with Gasteiger partial charge >= 0.3 is 0 Å². The number of nitrogens with one attached hydrogen (secondary N) is 1. The zero-order valence-corrected chi connectivity index (χ0v) is 14.7. The van der Waals surface area contributed by atoms with Crippen LogP contribution in [0.15, 0.2) is 29.0 Å². The molecule has 0 aliphatic heterocycles. The fraction of sp³-hybridized carbons (Fsp3) is 0.632. The molecule has 1 aliphatic carbocycles. The molecule has 130 valence electrons. The van der Waals surface area contributed by atoms with Gasteiger partial charge in [0.2, 0.25) is 5.89 Å². The van der Waals surface area contributed by atoms with Gasteiger partial charge in [-0.1, -0.05) is 44.3 Å². The molecule has 5 heteroatoms. The smallest absolute Gasteiger partial charge is 0.240 e. The van der Waals surface area contributed by atoms with E-state index >= 15 is 0 Å². The lowest BCUT2D eigenvalue weighted by atomic mass is 9.81. The Balaban J connectivity index is 1.66. The van der Waals surface area contributed by atoms with Crippen molar-refractivity contribution in [1.29, 1.82) is 0 Å². The predicted octanol–water partition coefficient (Wildman–Crippen LogP) is 4.07. The van der Waals surface area contributed by atoms with E-state index in [1.54, 1.807) is 0 Å². The third kappa shape index (κ3) is 4.63. The van der Waals surface area contributed by atoms with Gasteiger partial charge in [0.25, 0.3) is 0 Å². The highest BCUT2D eigenvalue weighted by molar-refractivity contribution is 5.15. The SMILES string of the molecule is CC(C)Cc1noc(CN[C@H](c2cccnc2)C2CCCCC2)n1. The zero-order chi connectivity index (χ0) is 16.8. The summed E-state index contributed by atoms with van der Waals surface area (Å²) in [7, 11) is 0. The second-order valence-corrected chi connectivity index (χ2v) is 7.25. The summed E-state index contributed by atoms with van der Waals surface area (Å²) in [6.45, 7) is 4.94. The predicted molar refractivity (Wildman–Crippen MR) is 93.2 cm³/mol. The van der Waals surface area contributed by atoms with Crippen molar-refractivity contribution in [1.82, 2.24) is 20.4 Å². The van der Waals surface area contributed by atoms with Crippen LogP contribution in [-0.2, 0) is 13.0 Å². The van der Waals surface area contributed by atoms with Gasteiger partial charge in [0.05, 0.1) is 6.54 Å². The van der Waals surface area contributed by atoms with Crippen LogP contribution in [0.3, 0.4) is 0 Å². The molecule has 0 aromatic carbocycles. The molecule has 1 fully saturated rings. The lowest BCUT2D eigenvalue weighted by molar-refractivity contribution is 0.259. The van der Waals surface area contributed by atoms with E-state index in [0.717, 1.165) is 12.2 Å². The Morgan fingerprint density at radius 3 is 2.79 bits per heavy atom. The molecule has 1 N–H and O–H groups in total. The second kappa shape index (κ2) is 8.38. The van der Waals surface area contributed by atoms with Gasteiger partial charge in [-0.25, -0.2) is 0 Å². The Hall–Kier alpha value is -1.75. The van der Waals surface area contributed by atoms with E-state index in [2.05, 4.69) is 40.4 Å². The van der Waals surface area contributed by atoms with E-state index in [1.165, 1.54) is 37.7 Å². The number of pyridine rings is 1. The lowest BCUT2D eigenvalue weighted by Crippen LogP contribution is -2.29. The average Bonchev–Trinajstić information content (AvgIpc) is 3.04. The van der Waals surface area contributed by atoms with E-state index in [0.29, 0.717) is 30.3 Å². The maximum Gasteiger partial charge on any atom is 0.240 e. The summed E-state index contributed by atoms with van der Waals surface area (Å²) in [6, 6.07) is 4.48. The Bertz CT molecular complexity index is 605. The summed E-state index contributed by atoms with van der Waals surface area (Å²) in [6.07, 6.45) is 11.2. The third-order valence-corrected chi connectivity index (χ3v) is 4.74. The van der Waals surface area contributed by atoms with Crippen molar-refractivity contribution in [3.05, 3.63) is 41.8 Å². The van der Waals surface area contributed by atoms with Gasteiger partial charge in [-0.2, -0.15) is 4.98 Å². The van der Waals surface area contributed by atoms with Gasteiger partial charge in [-0.3, -0.25) is 4.98 Å². The van der Waals surface area contributed by atoms with Crippen LogP contribution in [-0.4, -0.2) is 15.1 Å². The fourth-order valence-corrected chi connectivity index (χ4v) is 3.59. The van der Waals surface area contributed by atoms with Gasteiger partial charge < -0.3 is 9.84 Å². The molecule has 0 saturated heterocycles. The molecule has 2 aromatic heterocycles. The molecule has 2 aromatic rings. The van der Waals surface area contributed by atoms with Gasteiger partial charge in [0.15, 0.2) is 5.82 Å². The van der Waals surface area contributed by atoms with Crippen LogP contribution in [0.25, 0.3) is 0 Å². The molecular weight excluding hydrogens is 300 g/mol. The van der Waals surface area contributed by atoms with Crippen molar-refractivity contribution >= 4 is 0 Å². The highest BCUT2D eigenvalue weighted by Gasteiger charge is 2.25. The van der Waals surface area contributed by atoms with Crippen LogP contribution in [0.5, 0.6) is 0 Å². The summed E-state index contributed by atoms with van der Waals surface area (Å²) in [5.41, 5.74) is 1.26. The van der Waals surface area contributed by atoms with Crippen LogP contribution in [0.2, 0.25) is 0 Å². The molecule has 5 nitrogen and oxygen atoms in total. The summed E-state index contributed by atoms with van der Waals surface area (Å²) < 4.78 is 5.40. The first-order valence-corrected chi connectivity index (χ1v) is 9.17. The molecular formula is C19H28N4O. The molecule has 2 heterocycles. The lowest BCUT2D eigenvalue weighted by Gasteiger charge is -2.31. The number of rotatable bonds is 7. The van der Waals surface area contributed by atoms with Crippen molar-refractivity contribution in [3.8, 4) is 0 Å². The van der Waals surface area contributed by atoms with Gasteiger partial charge in [-0.15, -0.1) is 0 Å². The first-order valence-electron chi connectivity index (χ1n) is 9.17. The van der Waals surface area contributed by atoms with Crippen LogP contribution in [0, 0.1) is 11.8 Å². The summed E-state index contributed by atoms with van der Waals surface area (Å²) in [5.74, 6) is 2.67. The first kappa shape index (κ1) is 17.1. The van der Waals surface area contributed by atoms with Crippen molar-refractivity contribution < 1.29 is 4.52 Å². The Morgan fingerprint density at radius 1 is 1.25 bits per heavy atom. The molecule has 1 aliphatic rings. The molecule has 24 heavy (non-hydrogen) atoms. The summed E-state index contributed by atoms with van der Waals surface area (Å²) in [4.78, 5) is 8.81. The average molecular weight is 328 g/mol. The number of aromatic nitrogens is 3. The van der Waals surface area contributed by atoms with Gasteiger partial charge in [-0.05, 0) is 36.3 Å².